The van der Waals surface area contributed by atoms with Crippen LogP contribution in [0, 0.1) is 6.92 Å². The molecule has 1 atom stereocenters. The van der Waals surface area contributed by atoms with Crippen molar-refractivity contribution in [3.05, 3.63) is 20.3 Å². The maximum Gasteiger partial charge on any atom is 0.337 e. The summed E-state index contributed by atoms with van der Waals surface area (Å²) in [5.41, 5.74) is 0. The average Bonchev–Trinajstić information content (AvgIpc) is 2.45. The maximum absolute atomic E-state index is 12.8. The minimum Gasteiger partial charge on any atom is -0.381 e. The smallest absolute Gasteiger partial charge is 0.337 e. The number of aliphatic hydroxyl groups excluding tert-OH is 1. The van der Waals surface area contributed by atoms with Gasteiger partial charge < -0.3 is 5.11 Å². The quantitative estimate of drug-likeness (QED) is 0.843. The minimum atomic E-state index is -4.42. The third-order valence-corrected chi connectivity index (χ3v) is 3.99. The third-order valence-electron chi connectivity index (χ3n) is 1.80. The highest BCUT2D eigenvalue weighted by Gasteiger charge is 2.49. The Bertz CT molecular complexity index is 333. The largest absolute Gasteiger partial charge is 0.381 e. The minimum absolute atomic E-state index is 0.176. The van der Waals surface area contributed by atoms with Crippen molar-refractivity contribution in [2.45, 2.75) is 25.4 Å². The normalized spacial score (nSPS) is 14.7. The van der Waals surface area contributed by atoms with Crippen molar-refractivity contribution in [2.75, 3.05) is 0 Å². The van der Waals surface area contributed by atoms with Crippen LogP contribution in [0.1, 0.15) is 15.9 Å². The zero-order valence-corrected chi connectivity index (χ0v) is 9.88. The fourth-order valence-electron chi connectivity index (χ4n) is 0.925. The molecular formula is C8H7BrF4OS. The number of halogens is 5. The first-order chi connectivity index (χ1) is 6.76. The number of hydrogen-bond acceptors (Lipinski definition) is 2. The summed E-state index contributed by atoms with van der Waals surface area (Å²) in [6.07, 6.45) is -6.35. The first kappa shape index (κ1) is 12.9. The van der Waals surface area contributed by atoms with E-state index in [-0.39, 0.29) is 4.88 Å². The van der Waals surface area contributed by atoms with Crippen molar-refractivity contribution in [3.8, 4) is 0 Å². The predicted octanol–water partition coefficient (Wildman–Crippen LogP) is 3.75. The van der Waals surface area contributed by atoms with Crippen LogP contribution >= 0.6 is 27.3 Å². The van der Waals surface area contributed by atoms with Crippen LogP contribution in [0.4, 0.5) is 17.6 Å². The van der Waals surface area contributed by atoms with Crippen molar-refractivity contribution < 1.29 is 22.7 Å². The summed E-state index contributed by atoms with van der Waals surface area (Å²) in [5, 5.41) is 9.12. The Labute approximate surface area is 95.9 Å². The first-order valence-electron chi connectivity index (χ1n) is 3.86. The summed E-state index contributed by atoms with van der Waals surface area (Å²) in [7, 11) is 0. The summed E-state index contributed by atoms with van der Waals surface area (Å²) in [6, 6.07) is 1.22. The Morgan fingerprint density at radius 3 is 2.33 bits per heavy atom. The zero-order valence-electron chi connectivity index (χ0n) is 7.48. The molecule has 7 heteroatoms. The van der Waals surface area contributed by atoms with E-state index >= 15 is 0 Å². The second-order valence-electron chi connectivity index (χ2n) is 2.93. The Morgan fingerprint density at radius 1 is 1.47 bits per heavy atom. The van der Waals surface area contributed by atoms with Crippen LogP contribution in [0.3, 0.4) is 0 Å². The Morgan fingerprint density at radius 2 is 2.00 bits per heavy atom. The lowest BCUT2D eigenvalue weighted by molar-refractivity contribution is -0.192. The molecule has 0 fully saturated rings. The van der Waals surface area contributed by atoms with Gasteiger partial charge in [0.25, 0.3) is 0 Å². The standard InChI is InChI=1S/C8H7BrF4OS/c1-3-4(9)2-5(15-3)6(14)8(12,13)7(10)11/h2,6-7,14H,1H3. The molecular weight excluding hydrogens is 300 g/mol. The van der Waals surface area contributed by atoms with Gasteiger partial charge in [0.2, 0.25) is 0 Å². The van der Waals surface area contributed by atoms with Gasteiger partial charge in [0.15, 0.2) is 6.10 Å². The molecule has 0 aliphatic heterocycles. The molecule has 1 aromatic rings. The molecule has 1 N–H and O–H groups in total. The molecule has 0 amide bonds. The molecule has 0 aliphatic carbocycles. The molecule has 0 saturated carbocycles. The summed E-state index contributed by atoms with van der Waals surface area (Å²) in [4.78, 5) is 0.471. The van der Waals surface area contributed by atoms with Crippen molar-refractivity contribution in [1.82, 2.24) is 0 Å². The molecule has 15 heavy (non-hydrogen) atoms. The van der Waals surface area contributed by atoms with Crippen molar-refractivity contribution >= 4 is 27.3 Å². The van der Waals surface area contributed by atoms with Crippen LogP contribution in [-0.2, 0) is 0 Å². The number of rotatable bonds is 3. The van der Waals surface area contributed by atoms with Crippen LogP contribution in [0.25, 0.3) is 0 Å². The van der Waals surface area contributed by atoms with E-state index < -0.39 is 18.5 Å². The van der Waals surface area contributed by atoms with Gasteiger partial charge in [-0.05, 0) is 28.9 Å². The van der Waals surface area contributed by atoms with Gasteiger partial charge in [-0.2, -0.15) is 8.78 Å². The van der Waals surface area contributed by atoms with Gasteiger partial charge in [0, 0.05) is 14.2 Å². The van der Waals surface area contributed by atoms with Crippen LogP contribution in [0.5, 0.6) is 0 Å². The van der Waals surface area contributed by atoms with E-state index in [1.807, 2.05) is 0 Å². The van der Waals surface area contributed by atoms with Crippen molar-refractivity contribution in [2.24, 2.45) is 0 Å². The highest BCUT2D eigenvalue weighted by Crippen LogP contribution is 2.41. The van der Waals surface area contributed by atoms with E-state index in [0.29, 0.717) is 9.35 Å². The fourth-order valence-corrected chi connectivity index (χ4v) is 2.52. The van der Waals surface area contributed by atoms with Gasteiger partial charge >= 0.3 is 12.3 Å². The number of aliphatic hydroxyl groups is 1. The first-order valence-corrected chi connectivity index (χ1v) is 5.47. The Hall–Kier alpha value is -0.140. The summed E-state index contributed by atoms with van der Waals surface area (Å²) < 4.78 is 49.9. The topological polar surface area (TPSA) is 20.2 Å². The lowest BCUT2D eigenvalue weighted by Crippen LogP contribution is -2.33. The number of thiophene rings is 1. The van der Waals surface area contributed by atoms with Crippen molar-refractivity contribution in [3.63, 3.8) is 0 Å². The van der Waals surface area contributed by atoms with E-state index in [1.54, 1.807) is 6.92 Å². The average molecular weight is 307 g/mol. The fraction of sp³-hybridized carbons (Fsp3) is 0.500. The van der Waals surface area contributed by atoms with E-state index in [2.05, 4.69) is 15.9 Å². The van der Waals surface area contributed by atoms with Gasteiger partial charge in [0.1, 0.15) is 0 Å². The lowest BCUT2D eigenvalue weighted by atomic mass is 10.1. The Kier molecular flexibility index (Phi) is 3.78. The second kappa shape index (κ2) is 4.39. The summed E-state index contributed by atoms with van der Waals surface area (Å²) in [5.74, 6) is -4.42. The van der Waals surface area contributed by atoms with Gasteiger partial charge in [0.05, 0.1) is 0 Å². The molecule has 0 aromatic carbocycles. The SMILES string of the molecule is Cc1sc(C(O)C(F)(F)C(F)F)cc1Br. The van der Waals surface area contributed by atoms with Gasteiger partial charge in [-0.1, -0.05) is 0 Å². The maximum atomic E-state index is 12.8. The number of hydrogen-bond donors (Lipinski definition) is 1. The second-order valence-corrected chi connectivity index (χ2v) is 5.07. The molecule has 1 rings (SSSR count). The lowest BCUT2D eigenvalue weighted by Gasteiger charge is -2.20. The molecule has 0 aliphatic rings. The van der Waals surface area contributed by atoms with E-state index in [9.17, 15) is 17.6 Å². The van der Waals surface area contributed by atoms with E-state index in [4.69, 9.17) is 5.11 Å². The van der Waals surface area contributed by atoms with Crippen molar-refractivity contribution in [1.29, 1.82) is 0 Å². The molecule has 1 heterocycles. The monoisotopic (exact) mass is 306 g/mol. The molecule has 1 unspecified atom stereocenters. The van der Waals surface area contributed by atoms with Crippen LogP contribution in [0.2, 0.25) is 0 Å². The van der Waals surface area contributed by atoms with Gasteiger partial charge in [-0.3, -0.25) is 0 Å². The van der Waals surface area contributed by atoms with Gasteiger partial charge in [-0.25, -0.2) is 8.78 Å². The Balaban J connectivity index is 2.99. The third kappa shape index (κ3) is 2.51. The molecule has 1 aromatic heterocycles. The number of alkyl halides is 4. The van der Waals surface area contributed by atoms with E-state index in [0.717, 1.165) is 11.3 Å². The summed E-state index contributed by atoms with van der Waals surface area (Å²) in [6.45, 7) is 1.63. The zero-order chi connectivity index (χ0) is 11.8. The highest BCUT2D eigenvalue weighted by molar-refractivity contribution is 9.10. The molecule has 86 valence electrons. The van der Waals surface area contributed by atoms with Crippen LogP contribution in [-0.4, -0.2) is 17.5 Å². The summed E-state index contributed by atoms with van der Waals surface area (Å²) >= 11 is 3.91. The van der Waals surface area contributed by atoms with Crippen LogP contribution < -0.4 is 0 Å². The molecule has 0 radical (unpaired) electrons. The highest BCUT2D eigenvalue weighted by atomic mass is 79.9. The predicted molar refractivity (Wildman–Crippen MR) is 52.7 cm³/mol. The van der Waals surface area contributed by atoms with Crippen LogP contribution in [0.15, 0.2) is 10.5 Å². The van der Waals surface area contributed by atoms with Gasteiger partial charge in [-0.15, -0.1) is 11.3 Å². The van der Waals surface area contributed by atoms with E-state index in [1.165, 1.54) is 6.07 Å². The number of aryl methyl sites for hydroxylation is 1. The molecule has 0 saturated heterocycles. The molecule has 0 bridgehead atoms. The molecule has 1 nitrogen and oxygen atoms in total. The molecule has 0 spiro atoms.